The van der Waals surface area contributed by atoms with Crippen LogP contribution in [0, 0.1) is 12.8 Å². The number of aryl methyl sites for hydroxylation is 2. The van der Waals surface area contributed by atoms with E-state index in [1.165, 1.54) is 0 Å². The van der Waals surface area contributed by atoms with Crippen LogP contribution in [0.3, 0.4) is 0 Å². The number of carbonyl (C=O) groups is 1. The number of nitrogens with zero attached hydrogens (tertiary/aromatic N) is 2. The van der Waals surface area contributed by atoms with Gasteiger partial charge in [0.1, 0.15) is 5.75 Å². The second kappa shape index (κ2) is 7.86. The molecule has 0 saturated carbocycles. The highest BCUT2D eigenvalue weighted by atomic mass is 16.5. The van der Waals surface area contributed by atoms with Gasteiger partial charge in [0.2, 0.25) is 0 Å². The Hall–Kier alpha value is -2.50. The molecular weight excluding hydrogens is 304 g/mol. The average Bonchev–Trinajstić information content (AvgIpc) is 2.95. The minimum Gasteiger partial charge on any atom is -0.497 e. The Morgan fingerprint density at radius 2 is 2.08 bits per heavy atom. The molecule has 1 atom stereocenters. The molecule has 6 nitrogen and oxygen atoms in total. The first-order valence-electron chi connectivity index (χ1n) is 8.09. The van der Waals surface area contributed by atoms with Crippen LogP contribution in [0.5, 0.6) is 5.75 Å². The molecule has 1 aromatic heterocycles. The highest BCUT2D eigenvalue weighted by Crippen LogP contribution is 2.23. The van der Waals surface area contributed by atoms with Crippen LogP contribution in [0.1, 0.15) is 31.0 Å². The van der Waals surface area contributed by atoms with Gasteiger partial charge in [-0.05, 0) is 42.7 Å². The summed E-state index contributed by atoms with van der Waals surface area (Å²) in [5.74, 6) is 1.37. The summed E-state index contributed by atoms with van der Waals surface area (Å²) in [5.41, 5.74) is 2.84. The number of carbonyl (C=O) groups excluding carboxylic acids is 1. The lowest BCUT2D eigenvalue weighted by molar-refractivity contribution is 0.250. The van der Waals surface area contributed by atoms with Gasteiger partial charge in [0.25, 0.3) is 0 Å². The Labute approximate surface area is 143 Å². The van der Waals surface area contributed by atoms with E-state index in [0.29, 0.717) is 12.5 Å². The van der Waals surface area contributed by atoms with E-state index in [9.17, 15) is 4.79 Å². The van der Waals surface area contributed by atoms with Crippen molar-refractivity contribution in [2.45, 2.75) is 26.7 Å². The minimum absolute atomic E-state index is 0.209. The van der Waals surface area contributed by atoms with Crippen molar-refractivity contribution < 1.29 is 9.53 Å². The summed E-state index contributed by atoms with van der Waals surface area (Å²) in [6, 6.07) is 7.35. The number of anilines is 1. The van der Waals surface area contributed by atoms with Crippen molar-refractivity contribution >= 4 is 11.7 Å². The maximum atomic E-state index is 12.2. The van der Waals surface area contributed by atoms with Crippen LogP contribution in [0.2, 0.25) is 0 Å². The van der Waals surface area contributed by atoms with E-state index in [4.69, 9.17) is 4.74 Å². The molecule has 0 bridgehead atoms. The van der Waals surface area contributed by atoms with Crippen molar-refractivity contribution in [1.82, 2.24) is 15.1 Å². The van der Waals surface area contributed by atoms with Gasteiger partial charge in [-0.25, -0.2) is 4.79 Å². The second-order valence-electron chi connectivity index (χ2n) is 6.25. The van der Waals surface area contributed by atoms with Crippen LogP contribution in [0.15, 0.2) is 30.5 Å². The number of urea groups is 1. The lowest BCUT2D eigenvalue weighted by atomic mass is 9.92. The molecule has 2 amide bonds. The molecule has 1 aromatic carbocycles. The molecule has 0 fully saturated rings. The number of methoxy groups -OCH3 is 1. The number of nitrogens with one attached hydrogen (secondary N) is 2. The van der Waals surface area contributed by atoms with Gasteiger partial charge < -0.3 is 15.4 Å². The van der Waals surface area contributed by atoms with E-state index < -0.39 is 0 Å². The largest absolute Gasteiger partial charge is 0.497 e. The lowest BCUT2D eigenvalue weighted by Gasteiger charge is -2.22. The molecule has 24 heavy (non-hydrogen) atoms. The third-order valence-electron chi connectivity index (χ3n) is 4.21. The van der Waals surface area contributed by atoms with E-state index in [1.54, 1.807) is 13.3 Å². The third kappa shape index (κ3) is 4.28. The molecule has 2 rings (SSSR count). The summed E-state index contributed by atoms with van der Waals surface area (Å²) in [6.45, 7) is 6.78. The molecule has 0 saturated heterocycles. The van der Waals surface area contributed by atoms with Gasteiger partial charge in [-0.2, -0.15) is 5.10 Å². The maximum absolute atomic E-state index is 12.2. The van der Waals surface area contributed by atoms with Crippen molar-refractivity contribution in [3.8, 4) is 5.75 Å². The van der Waals surface area contributed by atoms with Crippen LogP contribution in [0.4, 0.5) is 10.5 Å². The van der Waals surface area contributed by atoms with Gasteiger partial charge >= 0.3 is 6.03 Å². The van der Waals surface area contributed by atoms with Gasteiger partial charge in [-0.1, -0.05) is 13.8 Å². The summed E-state index contributed by atoms with van der Waals surface area (Å²) in [7, 11) is 3.55. The van der Waals surface area contributed by atoms with E-state index >= 15 is 0 Å². The number of hydrogen-bond acceptors (Lipinski definition) is 3. The zero-order chi connectivity index (χ0) is 17.7. The number of rotatable bonds is 6. The monoisotopic (exact) mass is 330 g/mol. The van der Waals surface area contributed by atoms with Crippen molar-refractivity contribution in [3.63, 3.8) is 0 Å². The van der Waals surface area contributed by atoms with E-state index in [1.807, 2.05) is 42.9 Å². The average molecular weight is 330 g/mol. The van der Waals surface area contributed by atoms with E-state index in [2.05, 4.69) is 29.6 Å². The minimum atomic E-state index is -0.212. The number of benzene rings is 1. The first-order chi connectivity index (χ1) is 11.4. The van der Waals surface area contributed by atoms with E-state index in [0.717, 1.165) is 22.7 Å². The summed E-state index contributed by atoms with van der Waals surface area (Å²) in [6.07, 6.45) is 1.78. The fourth-order valence-electron chi connectivity index (χ4n) is 2.70. The van der Waals surface area contributed by atoms with Crippen LogP contribution >= 0.6 is 0 Å². The zero-order valence-electron chi connectivity index (χ0n) is 15.0. The predicted molar refractivity (Wildman–Crippen MR) is 95.5 cm³/mol. The van der Waals surface area contributed by atoms with Crippen molar-refractivity contribution in [2.24, 2.45) is 13.0 Å². The van der Waals surface area contributed by atoms with Gasteiger partial charge in [0.05, 0.1) is 7.11 Å². The Kier molecular flexibility index (Phi) is 5.84. The Morgan fingerprint density at radius 1 is 1.33 bits per heavy atom. The molecule has 130 valence electrons. The molecule has 6 heteroatoms. The highest BCUT2D eigenvalue weighted by Gasteiger charge is 2.19. The second-order valence-corrected chi connectivity index (χ2v) is 6.25. The quantitative estimate of drug-likeness (QED) is 0.854. The normalized spacial score (nSPS) is 12.1. The molecule has 2 N–H and O–H groups in total. The van der Waals surface area contributed by atoms with Crippen LogP contribution in [-0.4, -0.2) is 29.5 Å². The number of hydrogen-bond donors (Lipinski definition) is 2. The Morgan fingerprint density at radius 3 is 2.62 bits per heavy atom. The van der Waals surface area contributed by atoms with Crippen LogP contribution < -0.4 is 15.4 Å². The summed E-state index contributed by atoms with van der Waals surface area (Å²) in [4.78, 5) is 12.2. The number of ether oxygens (including phenoxy) is 1. The van der Waals surface area contributed by atoms with Crippen molar-refractivity contribution in [2.75, 3.05) is 19.0 Å². The molecule has 0 aliphatic heterocycles. The third-order valence-corrected chi connectivity index (χ3v) is 4.21. The number of amides is 2. The molecule has 0 spiro atoms. The predicted octanol–water partition coefficient (Wildman–Crippen LogP) is 3.30. The summed E-state index contributed by atoms with van der Waals surface area (Å²) in [5, 5.41) is 10.1. The standard InChI is InChI=1S/C18H26N4O2/c1-12(2)15(17-8-9-20-22(17)4)11-19-18(23)21-16-7-6-14(24-5)10-13(16)3/h6-10,12,15H,11H2,1-5H3,(H2,19,21,23)/t15-/m0/s1. The molecule has 0 aliphatic carbocycles. The molecule has 0 unspecified atom stereocenters. The van der Waals surface area contributed by atoms with Gasteiger partial charge in [-0.15, -0.1) is 0 Å². The van der Waals surface area contributed by atoms with Gasteiger partial charge in [0, 0.05) is 37.1 Å². The zero-order valence-corrected chi connectivity index (χ0v) is 15.0. The summed E-state index contributed by atoms with van der Waals surface area (Å²) < 4.78 is 7.04. The highest BCUT2D eigenvalue weighted by molar-refractivity contribution is 5.90. The van der Waals surface area contributed by atoms with Crippen molar-refractivity contribution in [3.05, 3.63) is 41.7 Å². The topological polar surface area (TPSA) is 68.2 Å². The first kappa shape index (κ1) is 17.8. The maximum Gasteiger partial charge on any atom is 0.319 e. The smallest absolute Gasteiger partial charge is 0.319 e. The van der Waals surface area contributed by atoms with Crippen LogP contribution in [0.25, 0.3) is 0 Å². The molecule has 2 aromatic rings. The van der Waals surface area contributed by atoms with E-state index in [-0.39, 0.29) is 11.9 Å². The Bertz CT molecular complexity index is 694. The molecule has 0 radical (unpaired) electrons. The van der Waals surface area contributed by atoms with Crippen molar-refractivity contribution in [1.29, 1.82) is 0 Å². The molecule has 0 aliphatic rings. The lowest BCUT2D eigenvalue weighted by Crippen LogP contribution is -2.34. The first-order valence-corrected chi connectivity index (χ1v) is 8.09. The molecular formula is C18H26N4O2. The SMILES string of the molecule is COc1ccc(NC(=O)NC[C@H](c2ccnn2C)C(C)C)c(C)c1. The Balaban J connectivity index is 1.98. The van der Waals surface area contributed by atoms with Crippen LogP contribution in [-0.2, 0) is 7.05 Å². The number of aromatic nitrogens is 2. The summed E-state index contributed by atoms with van der Waals surface area (Å²) >= 11 is 0. The fourth-order valence-corrected chi connectivity index (χ4v) is 2.70. The molecule has 1 heterocycles. The van der Waals surface area contributed by atoms with Gasteiger partial charge in [0.15, 0.2) is 0 Å². The van der Waals surface area contributed by atoms with Gasteiger partial charge in [-0.3, -0.25) is 4.68 Å². The fraction of sp³-hybridized carbons (Fsp3) is 0.444.